The Kier molecular flexibility index (Phi) is 5.71. The average Bonchev–Trinajstić information content (AvgIpc) is 3.63. The maximum atomic E-state index is 12.5. The van der Waals surface area contributed by atoms with E-state index in [4.69, 9.17) is 4.74 Å². The Morgan fingerprint density at radius 3 is 2.21 bits per heavy atom. The fourth-order valence-corrected chi connectivity index (χ4v) is 4.40. The quantitative estimate of drug-likeness (QED) is 0.493. The predicted octanol–water partition coefficient (Wildman–Crippen LogP) is 4.04. The van der Waals surface area contributed by atoms with Crippen molar-refractivity contribution in [2.75, 3.05) is 11.9 Å². The average molecular weight is 457 g/mol. The normalized spacial score (nSPS) is 15.1. The molecular weight excluding hydrogens is 434 g/mol. The monoisotopic (exact) mass is 457 g/mol. The first kappa shape index (κ1) is 21.6. The SMILES string of the molecule is O=C(Nc1cccc(C(=O)NC(C(=O)O)C2CC2)n1)OCC1c2ccccc2-c2ccccc21. The highest BCUT2D eigenvalue weighted by Crippen LogP contribution is 2.44. The Morgan fingerprint density at radius 1 is 0.941 bits per heavy atom. The second-order valence-electron chi connectivity index (χ2n) is 8.49. The minimum atomic E-state index is -1.07. The number of pyridine rings is 1. The summed E-state index contributed by atoms with van der Waals surface area (Å²) in [6, 6.07) is 19.7. The number of amides is 2. The summed E-state index contributed by atoms with van der Waals surface area (Å²) >= 11 is 0. The van der Waals surface area contributed by atoms with Gasteiger partial charge in [-0.3, -0.25) is 10.1 Å². The summed E-state index contributed by atoms with van der Waals surface area (Å²) in [6.45, 7) is 0.154. The number of aromatic nitrogens is 1. The minimum Gasteiger partial charge on any atom is -0.480 e. The van der Waals surface area contributed by atoms with Crippen LogP contribution in [0.2, 0.25) is 0 Å². The lowest BCUT2D eigenvalue weighted by atomic mass is 9.98. The van der Waals surface area contributed by atoms with Crippen molar-refractivity contribution in [3.8, 4) is 11.1 Å². The van der Waals surface area contributed by atoms with Crippen LogP contribution in [0.4, 0.5) is 10.6 Å². The number of nitrogens with zero attached hydrogens (tertiary/aromatic N) is 1. The molecular formula is C26H23N3O5. The number of rotatable bonds is 7. The lowest BCUT2D eigenvalue weighted by Crippen LogP contribution is -2.42. The number of benzene rings is 2. The van der Waals surface area contributed by atoms with Gasteiger partial charge in [0.2, 0.25) is 0 Å². The standard InChI is InChI=1S/C26H23N3O5/c30-24(29-23(25(31)32)15-12-13-15)21-10-5-11-22(27-21)28-26(33)34-14-20-18-8-3-1-6-16(18)17-7-2-4-9-19(17)20/h1-11,15,20,23H,12-14H2,(H,29,30)(H,31,32)(H,27,28,33). The van der Waals surface area contributed by atoms with Gasteiger partial charge in [0.15, 0.2) is 0 Å². The Balaban J connectivity index is 1.23. The molecule has 3 N–H and O–H groups in total. The van der Waals surface area contributed by atoms with E-state index in [0.717, 1.165) is 35.1 Å². The van der Waals surface area contributed by atoms with Gasteiger partial charge in [-0.1, -0.05) is 54.6 Å². The molecule has 0 saturated heterocycles. The molecule has 1 atom stereocenters. The van der Waals surface area contributed by atoms with Crippen molar-refractivity contribution < 1.29 is 24.2 Å². The van der Waals surface area contributed by atoms with Crippen molar-refractivity contribution in [2.24, 2.45) is 5.92 Å². The third-order valence-corrected chi connectivity index (χ3v) is 6.20. The number of carboxylic acids is 1. The first-order valence-corrected chi connectivity index (χ1v) is 11.1. The van der Waals surface area contributed by atoms with Crippen molar-refractivity contribution in [2.45, 2.75) is 24.8 Å². The van der Waals surface area contributed by atoms with Crippen LogP contribution in [-0.2, 0) is 9.53 Å². The van der Waals surface area contributed by atoms with E-state index in [1.54, 1.807) is 6.07 Å². The summed E-state index contributed by atoms with van der Waals surface area (Å²) in [5.74, 6) is -1.65. The third-order valence-electron chi connectivity index (χ3n) is 6.20. The first-order chi connectivity index (χ1) is 16.5. The molecule has 2 aliphatic rings. The van der Waals surface area contributed by atoms with E-state index in [2.05, 4.69) is 27.8 Å². The summed E-state index contributed by atoms with van der Waals surface area (Å²) in [6.07, 6.45) is 0.857. The Labute approximate surface area is 196 Å². The van der Waals surface area contributed by atoms with Crippen LogP contribution in [0.5, 0.6) is 0 Å². The second-order valence-corrected chi connectivity index (χ2v) is 8.49. The predicted molar refractivity (Wildman–Crippen MR) is 125 cm³/mol. The number of carbonyl (C=O) groups excluding carboxylic acids is 2. The number of carboxylic acid groups (broad SMARTS) is 1. The highest BCUT2D eigenvalue weighted by atomic mass is 16.5. The van der Waals surface area contributed by atoms with E-state index < -0.39 is 24.0 Å². The number of anilines is 1. The summed E-state index contributed by atoms with van der Waals surface area (Å²) in [7, 11) is 0. The van der Waals surface area contributed by atoms with Crippen LogP contribution in [0.25, 0.3) is 11.1 Å². The van der Waals surface area contributed by atoms with Crippen molar-refractivity contribution in [3.63, 3.8) is 0 Å². The van der Waals surface area contributed by atoms with Crippen LogP contribution in [0.3, 0.4) is 0 Å². The van der Waals surface area contributed by atoms with Gasteiger partial charge < -0.3 is 15.2 Å². The molecule has 5 rings (SSSR count). The summed E-state index contributed by atoms with van der Waals surface area (Å²) in [5.41, 5.74) is 4.51. The van der Waals surface area contributed by atoms with Crippen LogP contribution in [-0.4, -0.2) is 40.7 Å². The molecule has 34 heavy (non-hydrogen) atoms. The van der Waals surface area contributed by atoms with Gasteiger partial charge in [0.25, 0.3) is 5.91 Å². The number of aliphatic carboxylic acids is 1. The molecule has 0 spiro atoms. The zero-order valence-corrected chi connectivity index (χ0v) is 18.2. The molecule has 2 amide bonds. The number of hydrogen-bond donors (Lipinski definition) is 3. The largest absolute Gasteiger partial charge is 0.480 e. The molecule has 2 aliphatic carbocycles. The molecule has 8 heteroatoms. The Bertz CT molecular complexity index is 1230. The van der Waals surface area contributed by atoms with E-state index in [-0.39, 0.29) is 30.0 Å². The zero-order valence-electron chi connectivity index (χ0n) is 18.2. The molecule has 8 nitrogen and oxygen atoms in total. The first-order valence-electron chi connectivity index (χ1n) is 11.1. The van der Waals surface area contributed by atoms with E-state index in [9.17, 15) is 19.5 Å². The maximum Gasteiger partial charge on any atom is 0.412 e. The van der Waals surface area contributed by atoms with E-state index >= 15 is 0 Å². The number of carbonyl (C=O) groups is 3. The maximum absolute atomic E-state index is 12.5. The van der Waals surface area contributed by atoms with Gasteiger partial charge in [0, 0.05) is 5.92 Å². The Morgan fingerprint density at radius 2 is 1.59 bits per heavy atom. The van der Waals surface area contributed by atoms with E-state index in [0.29, 0.717) is 0 Å². The van der Waals surface area contributed by atoms with Crippen LogP contribution in [0.1, 0.15) is 40.4 Å². The van der Waals surface area contributed by atoms with Gasteiger partial charge in [0.1, 0.15) is 24.2 Å². The number of fused-ring (bicyclic) bond motifs is 3. The van der Waals surface area contributed by atoms with Crippen molar-refractivity contribution in [1.29, 1.82) is 0 Å². The molecule has 0 bridgehead atoms. The number of ether oxygens (including phenoxy) is 1. The van der Waals surface area contributed by atoms with Gasteiger partial charge in [-0.05, 0) is 53.1 Å². The van der Waals surface area contributed by atoms with Crippen LogP contribution >= 0.6 is 0 Å². The van der Waals surface area contributed by atoms with Crippen molar-refractivity contribution >= 4 is 23.8 Å². The molecule has 172 valence electrons. The smallest absolute Gasteiger partial charge is 0.412 e. The lowest BCUT2D eigenvalue weighted by Gasteiger charge is -2.15. The third kappa shape index (κ3) is 4.34. The van der Waals surface area contributed by atoms with Gasteiger partial charge in [-0.25, -0.2) is 14.6 Å². The highest BCUT2D eigenvalue weighted by molar-refractivity contribution is 5.96. The fourth-order valence-electron chi connectivity index (χ4n) is 4.40. The summed E-state index contributed by atoms with van der Waals surface area (Å²) < 4.78 is 5.51. The Hall–Kier alpha value is -4.20. The zero-order chi connectivity index (χ0) is 23.7. The molecule has 1 unspecified atom stereocenters. The van der Waals surface area contributed by atoms with E-state index in [1.807, 2.05) is 36.4 Å². The molecule has 1 saturated carbocycles. The molecule has 1 aromatic heterocycles. The molecule has 1 heterocycles. The fraction of sp³-hybridized carbons (Fsp3) is 0.231. The van der Waals surface area contributed by atoms with Gasteiger partial charge in [-0.2, -0.15) is 0 Å². The van der Waals surface area contributed by atoms with Crippen LogP contribution < -0.4 is 10.6 Å². The van der Waals surface area contributed by atoms with Crippen molar-refractivity contribution in [3.05, 3.63) is 83.6 Å². The summed E-state index contributed by atoms with van der Waals surface area (Å²) in [4.78, 5) is 40.5. The topological polar surface area (TPSA) is 118 Å². The van der Waals surface area contributed by atoms with Crippen LogP contribution in [0.15, 0.2) is 66.7 Å². The number of hydrogen-bond acceptors (Lipinski definition) is 5. The summed E-state index contributed by atoms with van der Waals surface area (Å²) in [5, 5.41) is 14.4. The highest BCUT2D eigenvalue weighted by Gasteiger charge is 2.37. The molecule has 3 aromatic rings. The molecule has 2 aromatic carbocycles. The van der Waals surface area contributed by atoms with Gasteiger partial charge in [-0.15, -0.1) is 0 Å². The lowest BCUT2D eigenvalue weighted by molar-refractivity contribution is -0.139. The second kappa shape index (κ2) is 8.97. The molecule has 0 aliphatic heterocycles. The van der Waals surface area contributed by atoms with Crippen molar-refractivity contribution in [1.82, 2.24) is 10.3 Å². The van der Waals surface area contributed by atoms with Gasteiger partial charge in [0.05, 0.1) is 0 Å². The van der Waals surface area contributed by atoms with Gasteiger partial charge >= 0.3 is 12.1 Å². The minimum absolute atomic E-state index is 0.0170. The molecule has 1 fully saturated rings. The van der Waals surface area contributed by atoms with Crippen LogP contribution in [0, 0.1) is 5.92 Å². The van der Waals surface area contributed by atoms with E-state index in [1.165, 1.54) is 12.1 Å². The number of nitrogens with one attached hydrogen (secondary N) is 2. The molecule has 0 radical (unpaired) electrons.